The van der Waals surface area contributed by atoms with Crippen molar-refractivity contribution in [2.24, 2.45) is 0 Å². The Hall–Kier alpha value is -1.10. The average molecular weight is 227 g/mol. The van der Waals surface area contributed by atoms with Gasteiger partial charge in [-0.1, -0.05) is 11.6 Å². The second-order valence-corrected chi connectivity index (χ2v) is 2.82. The molecule has 1 N–H and O–H groups in total. The van der Waals surface area contributed by atoms with E-state index >= 15 is 0 Å². The molecule has 0 spiro atoms. The van der Waals surface area contributed by atoms with Crippen molar-refractivity contribution in [1.82, 2.24) is 0 Å². The Kier molecular flexibility index (Phi) is 3.46. The van der Waals surface area contributed by atoms with Gasteiger partial charge in [-0.25, -0.2) is 8.78 Å². The van der Waals surface area contributed by atoms with E-state index < -0.39 is 12.8 Å². The van der Waals surface area contributed by atoms with Crippen LogP contribution in [0.5, 0.6) is 11.5 Å². The Balaban J connectivity index is 2.73. The lowest BCUT2D eigenvalue weighted by Crippen LogP contribution is -2.19. The Labute approximate surface area is 82.9 Å². The monoisotopic (exact) mass is 226 g/mol. The van der Waals surface area contributed by atoms with Crippen LogP contribution in [0, 0.1) is 0 Å². The van der Waals surface area contributed by atoms with Crippen molar-refractivity contribution < 1.29 is 23.0 Å². The van der Waals surface area contributed by atoms with E-state index in [-0.39, 0.29) is 16.5 Å². The number of ether oxygens (including phenoxy) is 1. The number of rotatable bonds is 3. The molecule has 1 atom stereocenters. The highest BCUT2D eigenvalue weighted by molar-refractivity contribution is 6.32. The Morgan fingerprint density at radius 3 is 2.43 bits per heavy atom. The van der Waals surface area contributed by atoms with E-state index in [9.17, 15) is 13.2 Å². The number of hydrogen-bond acceptors (Lipinski definition) is 2. The molecular weight excluding hydrogens is 221 g/mol. The Morgan fingerprint density at radius 2 is 1.93 bits per heavy atom. The fraction of sp³-hybridized carbons (Fsp3) is 0.250. The van der Waals surface area contributed by atoms with Gasteiger partial charge in [-0.05, 0) is 12.1 Å². The molecule has 0 aliphatic heterocycles. The number of phenols is 1. The number of benzene rings is 1. The molecule has 1 unspecified atom stereocenters. The summed E-state index contributed by atoms with van der Waals surface area (Å²) in [5.74, 6) is -0.396. The normalized spacial score (nSPS) is 12.9. The maximum atomic E-state index is 12.4. The number of alkyl halides is 3. The lowest BCUT2D eigenvalue weighted by atomic mass is 10.3. The van der Waals surface area contributed by atoms with Gasteiger partial charge in [0.05, 0.1) is 5.02 Å². The number of halogens is 4. The first-order valence-corrected chi connectivity index (χ1v) is 3.96. The third-order valence-corrected chi connectivity index (χ3v) is 1.67. The lowest BCUT2D eigenvalue weighted by Gasteiger charge is -2.10. The molecule has 1 rings (SSSR count). The second-order valence-electron chi connectivity index (χ2n) is 2.42. The minimum Gasteiger partial charge on any atom is -0.506 e. The third kappa shape index (κ3) is 2.70. The van der Waals surface area contributed by atoms with Gasteiger partial charge in [0.2, 0.25) is 0 Å². The third-order valence-electron chi connectivity index (χ3n) is 1.37. The van der Waals surface area contributed by atoms with Crippen LogP contribution >= 0.6 is 11.6 Å². The second kappa shape index (κ2) is 4.41. The summed E-state index contributed by atoms with van der Waals surface area (Å²) in [6, 6.07) is 3.30. The summed E-state index contributed by atoms with van der Waals surface area (Å²) in [6.07, 6.45) is -5.92. The van der Waals surface area contributed by atoms with E-state index in [0.717, 1.165) is 18.2 Å². The highest BCUT2D eigenvalue weighted by Crippen LogP contribution is 2.28. The molecule has 0 aliphatic rings. The van der Waals surface area contributed by atoms with Crippen LogP contribution in [0.1, 0.15) is 0 Å². The fourth-order valence-corrected chi connectivity index (χ4v) is 0.913. The largest absolute Gasteiger partial charge is 0.506 e. The molecule has 0 fully saturated rings. The van der Waals surface area contributed by atoms with Crippen molar-refractivity contribution >= 4 is 11.6 Å². The van der Waals surface area contributed by atoms with E-state index in [0.29, 0.717) is 0 Å². The highest BCUT2D eigenvalue weighted by atomic mass is 35.5. The standard InChI is InChI=1S/C8H6ClF3O2/c9-5-3-4(1-2-6(5)13)14-8(12)7(10)11/h1-3,7-8,13H. The molecule has 0 radical (unpaired) electrons. The van der Waals surface area contributed by atoms with Crippen LogP contribution in [0.4, 0.5) is 13.2 Å². The average Bonchev–Trinajstić information content (AvgIpc) is 2.11. The summed E-state index contributed by atoms with van der Waals surface area (Å²) in [6.45, 7) is 0. The molecule has 6 heteroatoms. The summed E-state index contributed by atoms with van der Waals surface area (Å²) in [7, 11) is 0. The smallest absolute Gasteiger partial charge is 0.304 e. The Bertz CT molecular complexity index is 319. The van der Waals surface area contributed by atoms with E-state index in [1.165, 1.54) is 0 Å². The van der Waals surface area contributed by atoms with Crippen molar-refractivity contribution in [3.63, 3.8) is 0 Å². The van der Waals surface area contributed by atoms with Crippen molar-refractivity contribution in [3.8, 4) is 11.5 Å². The lowest BCUT2D eigenvalue weighted by molar-refractivity contribution is -0.0669. The maximum Gasteiger partial charge on any atom is 0.304 e. The molecule has 0 bridgehead atoms. The van der Waals surface area contributed by atoms with Crippen LogP contribution in [-0.2, 0) is 0 Å². The molecular formula is C8H6ClF3O2. The molecule has 0 saturated heterocycles. The predicted octanol–water partition coefficient (Wildman–Crippen LogP) is 2.99. The van der Waals surface area contributed by atoms with Gasteiger partial charge in [-0.3, -0.25) is 0 Å². The van der Waals surface area contributed by atoms with Gasteiger partial charge in [0, 0.05) is 6.07 Å². The molecule has 1 aromatic rings. The van der Waals surface area contributed by atoms with Crippen LogP contribution < -0.4 is 4.74 Å². The number of phenolic OH excluding ortho intramolecular Hbond substituents is 1. The molecule has 0 heterocycles. The summed E-state index contributed by atoms with van der Waals surface area (Å²) >= 11 is 5.44. The molecule has 0 aliphatic carbocycles. The minimum atomic E-state index is -3.22. The zero-order chi connectivity index (χ0) is 10.7. The SMILES string of the molecule is Oc1ccc(OC(F)C(F)F)cc1Cl. The van der Waals surface area contributed by atoms with Gasteiger partial charge >= 0.3 is 6.43 Å². The zero-order valence-corrected chi connectivity index (χ0v) is 7.51. The van der Waals surface area contributed by atoms with Crippen LogP contribution in [0.3, 0.4) is 0 Å². The van der Waals surface area contributed by atoms with Crippen molar-refractivity contribution in [1.29, 1.82) is 0 Å². The van der Waals surface area contributed by atoms with Crippen molar-refractivity contribution in [3.05, 3.63) is 23.2 Å². The summed E-state index contributed by atoms with van der Waals surface area (Å²) in [5, 5.41) is 8.86. The number of aromatic hydroxyl groups is 1. The van der Waals surface area contributed by atoms with Gasteiger partial charge in [0.15, 0.2) is 0 Å². The first-order valence-electron chi connectivity index (χ1n) is 3.58. The zero-order valence-electron chi connectivity index (χ0n) is 6.75. The van der Waals surface area contributed by atoms with Gasteiger partial charge in [0.1, 0.15) is 11.5 Å². The van der Waals surface area contributed by atoms with E-state index in [2.05, 4.69) is 4.74 Å². The van der Waals surface area contributed by atoms with Crippen LogP contribution in [-0.4, -0.2) is 17.9 Å². The minimum absolute atomic E-state index is 0.0935. The maximum absolute atomic E-state index is 12.4. The summed E-state index contributed by atoms with van der Waals surface area (Å²) in [4.78, 5) is 0. The molecule has 14 heavy (non-hydrogen) atoms. The summed E-state index contributed by atoms with van der Waals surface area (Å²) < 4.78 is 40.0. The van der Waals surface area contributed by atoms with Crippen LogP contribution in [0.2, 0.25) is 5.02 Å². The molecule has 2 nitrogen and oxygen atoms in total. The van der Waals surface area contributed by atoms with Crippen molar-refractivity contribution in [2.75, 3.05) is 0 Å². The van der Waals surface area contributed by atoms with Crippen LogP contribution in [0.15, 0.2) is 18.2 Å². The molecule has 1 aromatic carbocycles. The molecule has 0 saturated carbocycles. The van der Waals surface area contributed by atoms with Crippen molar-refractivity contribution in [2.45, 2.75) is 12.8 Å². The molecule has 0 aromatic heterocycles. The summed E-state index contributed by atoms with van der Waals surface area (Å²) in [5.41, 5.74) is 0. The van der Waals surface area contributed by atoms with E-state index in [4.69, 9.17) is 16.7 Å². The van der Waals surface area contributed by atoms with Gasteiger partial charge in [0.25, 0.3) is 6.36 Å². The Morgan fingerprint density at radius 1 is 1.29 bits per heavy atom. The van der Waals surface area contributed by atoms with Gasteiger partial charge in [-0.2, -0.15) is 4.39 Å². The topological polar surface area (TPSA) is 29.5 Å². The predicted molar refractivity (Wildman–Crippen MR) is 44.6 cm³/mol. The van der Waals surface area contributed by atoms with Gasteiger partial charge < -0.3 is 9.84 Å². The molecule has 78 valence electrons. The first kappa shape index (κ1) is 11.0. The fourth-order valence-electron chi connectivity index (χ4n) is 0.742. The van der Waals surface area contributed by atoms with E-state index in [1.54, 1.807) is 0 Å². The highest BCUT2D eigenvalue weighted by Gasteiger charge is 2.20. The quantitative estimate of drug-likeness (QED) is 0.859. The first-order chi connectivity index (χ1) is 6.50. The van der Waals surface area contributed by atoms with Gasteiger partial charge in [-0.15, -0.1) is 0 Å². The molecule has 0 amide bonds. The van der Waals surface area contributed by atoms with E-state index in [1.807, 2.05) is 0 Å². The van der Waals surface area contributed by atoms with Crippen LogP contribution in [0.25, 0.3) is 0 Å². The number of hydrogen-bond donors (Lipinski definition) is 1.